The van der Waals surface area contributed by atoms with E-state index in [1.165, 1.54) is 4.90 Å². The maximum absolute atomic E-state index is 14.4. The minimum Gasteiger partial charge on any atom is -0.493 e. The lowest BCUT2D eigenvalue weighted by Gasteiger charge is -2.35. The molecule has 0 spiro atoms. The van der Waals surface area contributed by atoms with E-state index in [0.29, 0.717) is 61.4 Å². The molecule has 1 saturated heterocycles. The number of ketones is 1. The second-order valence-electron chi connectivity index (χ2n) is 9.30. The summed E-state index contributed by atoms with van der Waals surface area (Å²) in [4.78, 5) is 26.6. The first-order valence-electron chi connectivity index (χ1n) is 11.2. The molecule has 0 radical (unpaired) electrons. The predicted molar refractivity (Wildman–Crippen MR) is 119 cm³/mol. The van der Waals surface area contributed by atoms with Crippen molar-refractivity contribution in [3.63, 3.8) is 0 Å². The number of nitrogens with zero attached hydrogens (tertiary/aromatic N) is 1. The van der Waals surface area contributed by atoms with E-state index in [1.54, 1.807) is 34.1 Å². The molecular formula is C25H33F2NO4. The molecule has 2 aliphatic rings. The van der Waals surface area contributed by atoms with E-state index >= 15 is 0 Å². The number of allylic oxidation sites excluding steroid dienone is 1. The van der Waals surface area contributed by atoms with E-state index < -0.39 is 18.3 Å². The van der Waals surface area contributed by atoms with Gasteiger partial charge in [0, 0.05) is 31.0 Å². The van der Waals surface area contributed by atoms with Crippen LogP contribution in [0.25, 0.3) is 0 Å². The summed E-state index contributed by atoms with van der Waals surface area (Å²) >= 11 is 0. The molecule has 3 rings (SSSR count). The van der Waals surface area contributed by atoms with Gasteiger partial charge in [-0.25, -0.2) is 0 Å². The number of piperidine rings is 1. The molecule has 1 atom stereocenters. The molecule has 1 heterocycles. The van der Waals surface area contributed by atoms with Gasteiger partial charge in [-0.3, -0.25) is 9.59 Å². The zero-order valence-corrected chi connectivity index (χ0v) is 19.4. The van der Waals surface area contributed by atoms with Crippen molar-refractivity contribution >= 4 is 11.7 Å². The maximum atomic E-state index is 14.4. The van der Waals surface area contributed by atoms with Gasteiger partial charge >= 0.3 is 5.92 Å². The maximum Gasteiger partial charge on any atom is 0.328 e. The lowest BCUT2D eigenvalue weighted by atomic mass is 9.85. The molecule has 1 amide bonds. The van der Waals surface area contributed by atoms with Crippen molar-refractivity contribution in [2.45, 2.75) is 51.9 Å². The number of hydrogen-bond acceptors (Lipinski definition) is 4. The van der Waals surface area contributed by atoms with Crippen LogP contribution in [0.4, 0.5) is 8.78 Å². The predicted octanol–water partition coefficient (Wildman–Crippen LogP) is 4.93. The van der Waals surface area contributed by atoms with Crippen LogP contribution in [0.3, 0.4) is 0 Å². The summed E-state index contributed by atoms with van der Waals surface area (Å²) in [7, 11) is 3.11. The second-order valence-corrected chi connectivity index (χ2v) is 9.30. The van der Waals surface area contributed by atoms with Crippen LogP contribution >= 0.6 is 0 Å². The van der Waals surface area contributed by atoms with Crippen LogP contribution in [0.5, 0.6) is 11.5 Å². The first-order valence-corrected chi connectivity index (χ1v) is 11.2. The van der Waals surface area contributed by atoms with Crippen LogP contribution in [0.2, 0.25) is 0 Å². The molecule has 0 N–H and O–H groups in total. The summed E-state index contributed by atoms with van der Waals surface area (Å²) in [5, 5.41) is 0. The number of methoxy groups -OCH3 is 2. The van der Waals surface area contributed by atoms with E-state index in [9.17, 15) is 18.4 Å². The Kier molecular flexibility index (Phi) is 7.25. The SMILES string of the molecule is C=C(CC(F)(F)C(=O)N1CCC(CC2Cc3cc(OC)c(OC)cc3C2=O)CC1)C(C)C. The highest BCUT2D eigenvalue weighted by Gasteiger charge is 2.44. The number of Topliss-reactive ketones (excluding diaryl/α,β-unsaturated/α-hetero) is 1. The van der Waals surface area contributed by atoms with Gasteiger partial charge in [0.2, 0.25) is 0 Å². The van der Waals surface area contributed by atoms with Crippen LogP contribution < -0.4 is 9.47 Å². The molecule has 1 unspecified atom stereocenters. The van der Waals surface area contributed by atoms with E-state index in [1.807, 2.05) is 6.07 Å². The number of halogens is 2. The van der Waals surface area contributed by atoms with Crippen LogP contribution in [0.15, 0.2) is 24.3 Å². The van der Waals surface area contributed by atoms with E-state index in [-0.39, 0.29) is 23.5 Å². The lowest BCUT2D eigenvalue weighted by Crippen LogP contribution is -2.47. The number of ether oxygens (including phenoxy) is 2. The molecule has 1 fully saturated rings. The summed E-state index contributed by atoms with van der Waals surface area (Å²) in [6.45, 7) is 7.86. The molecule has 0 bridgehead atoms. The normalized spacial score (nSPS) is 19.3. The molecule has 1 aromatic rings. The number of rotatable bonds is 8. The van der Waals surface area contributed by atoms with Crippen LogP contribution in [0.1, 0.15) is 55.5 Å². The third-order valence-corrected chi connectivity index (χ3v) is 6.81. The molecule has 0 aromatic heterocycles. The highest BCUT2D eigenvalue weighted by molar-refractivity contribution is 6.02. The van der Waals surface area contributed by atoms with Crippen molar-refractivity contribution in [1.29, 1.82) is 0 Å². The summed E-state index contributed by atoms with van der Waals surface area (Å²) < 4.78 is 39.5. The van der Waals surface area contributed by atoms with Crippen molar-refractivity contribution < 1.29 is 27.8 Å². The highest BCUT2D eigenvalue weighted by Crippen LogP contribution is 2.40. The number of benzene rings is 1. The van der Waals surface area contributed by atoms with E-state index in [4.69, 9.17) is 9.47 Å². The van der Waals surface area contributed by atoms with Gasteiger partial charge in [-0.2, -0.15) is 8.78 Å². The van der Waals surface area contributed by atoms with Crippen molar-refractivity contribution in [3.8, 4) is 11.5 Å². The van der Waals surface area contributed by atoms with Gasteiger partial charge in [-0.05, 0) is 55.2 Å². The van der Waals surface area contributed by atoms with Gasteiger partial charge in [0.05, 0.1) is 14.2 Å². The Hall–Kier alpha value is -2.44. The number of amides is 1. The Balaban J connectivity index is 1.57. The highest BCUT2D eigenvalue weighted by atomic mass is 19.3. The second kappa shape index (κ2) is 9.59. The summed E-state index contributed by atoms with van der Waals surface area (Å²) in [6, 6.07) is 3.60. The van der Waals surface area contributed by atoms with Gasteiger partial charge in [-0.15, -0.1) is 0 Å². The first-order chi connectivity index (χ1) is 15.1. The van der Waals surface area contributed by atoms with Crippen LogP contribution in [-0.2, 0) is 11.2 Å². The summed E-state index contributed by atoms with van der Waals surface area (Å²) in [6.07, 6.45) is 1.98. The Labute approximate surface area is 188 Å². The largest absolute Gasteiger partial charge is 0.493 e. The molecule has 176 valence electrons. The quantitative estimate of drug-likeness (QED) is 0.529. The van der Waals surface area contributed by atoms with Gasteiger partial charge in [-0.1, -0.05) is 26.0 Å². The minimum atomic E-state index is -3.42. The Morgan fingerprint density at radius 2 is 1.78 bits per heavy atom. The standard InChI is InChI=1S/C25H33F2NO4/c1-15(2)16(3)14-25(26,27)24(30)28-8-6-17(7-9-28)10-19-11-18-12-21(31-4)22(32-5)13-20(18)23(19)29/h12-13,15,17,19H,3,6-11,14H2,1-2,4-5H3. The third-order valence-electron chi connectivity index (χ3n) is 6.81. The monoisotopic (exact) mass is 449 g/mol. The first kappa shape index (κ1) is 24.2. The van der Waals surface area contributed by atoms with Crippen molar-refractivity contribution in [2.75, 3.05) is 27.3 Å². The molecule has 1 aromatic carbocycles. The number of alkyl halides is 2. The average Bonchev–Trinajstić information content (AvgIpc) is 3.06. The zero-order valence-electron chi connectivity index (χ0n) is 19.4. The van der Waals surface area contributed by atoms with Gasteiger partial charge in [0.15, 0.2) is 17.3 Å². The number of hydrogen-bond donors (Lipinski definition) is 0. The number of fused-ring (bicyclic) bond motifs is 1. The van der Waals surface area contributed by atoms with Crippen molar-refractivity contribution in [3.05, 3.63) is 35.4 Å². The van der Waals surface area contributed by atoms with Crippen molar-refractivity contribution in [1.82, 2.24) is 4.90 Å². The fraction of sp³-hybridized carbons (Fsp3) is 0.600. The molecule has 7 heteroatoms. The minimum absolute atomic E-state index is 0.0904. The number of likely N-dealkylation sites (tertiary alicyclic amines) is 1. The molecule has 0 saturated carbocycles. The molecule has 5 nitrogen and oxygen atoms in total. The summed E-state index contributed by atoms with van der Waals surface area (Å²) in [5.41, 5.74) is 2.01. The smallest absolute Gasteiger partial charge is 0.328 e. The fourth-order valence-electron chi connectivity index (χ4n) is 4.66. The molecule has 1 aliphatic carbocycles. The molecular weight excluding hydrogens is 416 g/mol. The Bertz CT molecular complexity index is 888. The van der Waals surface area contributed by atoms with Crippen molar-refractivity contribution in [2.24, 2.45) is 17.8 Å². The van der Waals surface area contributed by atoms with E-state index in [0.717, 1.165) is 5.56 Å². The Morgan fingerprint density at radius 3 is 2.34 bits per heavy atom. The zero-order chi connectivity index (χ0) is 23.6. The Morgan fingerprint density at radius 1 is 1.19 bits per heavy atom. The fourth-order valence-corrected chi connectivity index (χ4v) is 4.66. The average molecular weight is 450 g/mol. The topological polar surface area (TPSA) is 55.8 Å². The molecule has 32 heavy (non-hydrogen) atoms. The van der Waals surface area contributed by atoms with Crippen LogP contribution in [0, 0.1) is 17.8 Å². The molecule has 1 aliphatic heterocycles. The van der Waals surface area contributed by atoms with E-state index in [2.05, 4.69) is 6.58 Å². The number of carbonyl (C=O) groups excluding carboxylic acids is 2. The third kappa shape index (κ3) is 4.97. The van der Waals surface area contributed by atoms with Gasteiger partial charge in [0.25, 0.3) is 5.91 Å². The van der Waals surface area contributed by atoms with Gasteiger partial charge < -0.3 is 14.4 Å². The lowest BCUT2D eigenvalue weighted by molar-refractivity contribution is -0.158. The van der Waals surface area contributed by atoms with Gasteiger partial charge in [0.1, 0.15) is 0 Å². The summed E-state index contributed by atoms with van der Waals surface area (Å²) in [5.74, 6) is -3.29. The number of carbonyl (C=O) groups is 2. The van der Waals surface area contributed by atoms with Crippen LogP contribution in [-0.4, -0.2) is 49.8 Å².